The minimum absolute atomic E-state index is 0.0200. The highest BCUT2D eigenvalue weighted by atomic mass is 16.3. The van der Waals surface area contributed by atoms with Gasteiger partial charge in [-0.25, -0.2) is 0 Å². The van der Waals surface area contributed by atoms with Crippen molar-refractivity contribution < 1.29 is 9.90 Å². The van der Waals surface area contributed by atoms with Gasteiger partial charge in [0.1, 0.15) is 5.69 Å². The van der Waals surface area contributed by atoms with Gasteiger partial charge in [0.25, 0.3) is 5.91 Å². The monoisotopic (exact) mass is 274 g/mol. The highest BCUT2D eigenvalue weighted by Gasteiger charge is 2.22. The summed E-state index contributed by atoms with van der Waals surface area (Å²) < 4.78 is 0. The van der Waals surface area contributed by atoms with Crippen LogP contribution in [0.15, 0.2) is 24.4 Å². The summed E-state index contributed by atoms with van der Waals surface area (Å²) in [6.07, 6.45) is 1.72. The van der Waals surface area contributed by atoms with Crippen LogP contribution in [0.25, 0.3) is 11.0 Å². The quantitative estimate of drug-likeness (QED) is 0.845. The number of amides is 1. The van der Waals surface area contributed by atoms with E-state index in [0.29, 0.717) is 25.3 Å². The third kappa shape index (κ3) is 2.52. The average Bonchev–Trinajstić information content (AvgIpc) is 2.91. The second-order valence-electron chi connectivity index (χ2n) is 4.98. The van der Waals surface area contributed by atoms with Gasteiger partial charge in [0.05, 0.1) is 17.6 Å². The Morgan fingerprint density at radius 1 is 1.35 bits per heavy atom. The number of carbonyl (C=O) groups is 1. The van der Waals surface area contributed by atoms with E-state index in [1.165, 1.54) is 0 Å². The van der Waals surface area contributed by atoms with E-state index in [-0.39, 0.29) is 12.5 Å². The number of H-pyrrole nitrogens is 1. The van der Waals surface area contributed by atoms with Gasteiger partial charge in [-0.05, 0) is 18.2 Å². The lowest BCUT2D eigenvalue weighted by molar-refractivity contribution is 0.0610. The second kappa shape index (κ2) is 5.60. The molecular weight excluding hydrogens is 256 g/mol. The Kier molecular flexibility index (Phi) is 3.66. The summed E-state index contributed by atoms with van der Waals surface area (Å²) in [5.74, 6) is 0.0200. The third-order valence-electron chi connectivity index (χ3n) is 3.70. The van der Waals surface area contributed by atoms with Crippen molar-refractivity contribution in [2.24, 2.45) is 0 Å². The van der Waals surface area contributed by atoms with Crippen LogP contribution in [0.3, 0.4) is 0 Å². The number of aromatic amines is 1. The number of rotatable bonds is 3. The summed E-state index contributed by atoms with van der Waals surface area (Å²) in [4.78, 5) is 23.8. The predicted molar refractivity (Wildman–Crippen MR) is 75.5 cm³/mol. The van der Waals surface area contributed by atoms with Crippen LogP contribution < -0.4 is 0 Å². The highest BCUT2D eigenvalue weighted by Crippen LogP contribution is 2.14. The van der Waals surface area contributed by atoms with Gasteiger partial charge in [0.2, 0.25) is 0 Å². The van der Waals surface area contributed by atoms with Crippen LogP contribution in [-0.2, 0) is 0 Å². The Labute approximate surface area is 117 Å². The molecule has 1 fully saturated rings. The average molecular weight is 274 g/mol. The molecule has 6 nitrogen and oxygen atoms in total. The van der Waals surface area contributed by atoms with Crippen molar-refractivity contribution in [1.29, 1.82) is 0 Å². The van der Waals surface area contributed by atoms with Crippen LogP contribution in [0, 0.1) is 0 Å². The van der Waals surface area contributed by atoms with E-state index in [1.54, 1.807) is 12.3 Å². The molecule has 2 aromatic rings. The Hall–Kier alpha value is -1.92. The summed E-state index contributed by atoms with van der Waals surface area (Å²) in [6.45, 7) is 3.86. The molecule has 3 rings (SSSR count). The number of pyridine rings is 1. The first kappa shape index (κ1) is 13.1. The zero-order valence-electron chi connectivity index (χ0n) is 11.2. The maximum atomic E-state index is 12.4. The second-order valence-corrected chi connectivity index (χ2v) is 4.98. The molecular formula is C14H18N4O2. The molecule has 3 heterocycles. The van der Waals surface area contributed by atoms with Crippen molar-refractivity contribution in [3.05, 3.63) is 30.1 Å². The maximum Gasteiger partial charge on any atom is 0.270 e. The first-order valence-electron chi connectivity index (χ1n) is 6.84. The van der Waals surface area contributed by atoms with Crippen LogP contribution in [-0.4, -0.2) is 70.1 Å². The van der Waals surface area contributed by atoms with Gasteiger partial charge in [0, 0.05) is 38.9 Å². The van der Waals surface area contributed by atoms with E-state index in [4.69, 9.17) is 5.11 Å². The van der Waals surface area contributed by atoms with Crippen LogP contribution in [0.2, 0.25) is 0 Å². The minimum Gasteiger partial charge on any atom is -0.395 e. The summed E-state index contributed by atoms with van der Waals surface area (Å²) in [5, 5.41) is 8.92. The number of carbonyl (C=O) groups excluding carboxylic acids is 1. The molecule has 0 radical (unpaired) electrons. The van der Waals surface area contributed by atoms with Crippen molar-refractivity contribution in [2.45, 2.75) is 0 Å². The molecule has 1 amide bonds. The molecule has 6 heteroatoms. The lowest BCUT2D eigenvalue weighted by Crippen LogP contribution is -2.49. The molecule has 1 aliphatic heterocycles. The normalized spacial score (nSPS) is 16.8. The number of piperazine rings is 1. The Morgan fingerprint density at radius 2 is 2.15 bits per heavy atom. The SMILES string of the molecule is O=C(c1cc2ncccc2[nH]1)N1CCN(CCO)CC1. The molecule has 0 spiro atoms. The molecule has 0 bridgehead atoms. The fourth-order valence-electron chi connectivity index (χ4n) is 2.56. The molecule has 0 aliphatic carbocycles. The van der Waals surface area contributed by atoms with Crippen molar-refractivity contribution in [3.8, 4) is 0 Å². The summed E-state index contributed by atoms with van der Waals surface area (Å²) in [7, 11) is 0. The Morgan fingerprint density at radius 3 is 2.85 bits per heavy atom. The Balaban J connectivity index is 1.70. The van der Waals surface area contributed by atoms with Gasteiger partial charge >= 0.3 is 0 Å². The molecule has 2 N–H and O–H groups in total. The number of β-amino-alcohol motifs (C(OH)–C–C–N with tert-alkyl or cyclic N) is 1. The Bertz CT molecular complexity index is 569. The van der Waals surface area contributed by atoms with E-state index >= 15 is 0 Å². The zero-order chi connectivity index (χ0) is 13.9. The fraction of sp³-hybridized carbons (Fsp3) is 0.429. The fourth-order valence-corrected chi connectivity index (χ4v) is 2.56. The molecule has 2 aromatic heterocycles. The summed E-state index contributed by atoms with van der Waals surface area (Å²) in [5.41, 5.74) is 2.29. The third-order valence-corrected chi connectivity index (χ3v) is 3.70. The molecule has 1 aliphatic rings. The first-order chi connectivity index (χ1) is 9.78. The molecule has 106 valence electrons. The van der Waals surface area contributed by atoms with Crippen molar-refractivity contribution >= 4 is 16.9 Å². The number of hydrogen-bond donors (Lipinski definition) is 2. The van der Waals surface area contributed by atoms with E-state index in [0.717, 1.165) is 24.1 Å². The summed E-state index contributed by atoms with van der Waals surface area (Å²) >= 11 is 0. The molecule has 0 unspecified atom stereocenters. The van der Waals surface area contributed by atoms with Crippen molar-refractivity contribution in [3.63, 3.8) is 0 Å². The van der Waals surface area contributed by atoms with Crippen LogP contribution >= 0.6 is 0 Å². The molecule has 0 aromatic carbocycles. The number of aliphatic hydroxyl groups excluding tert-OH is 1. The van der Waals surface area contributed by atoms with Crippen LogP contribution in [0.5, 0.6) is 0 Å². The van der Waals surface area contributed by atoms with Gasteiger partial charge in [0.15, 0.2) is 0 Å². The molecule has 1 saturated heterocycles. The van der Waals surface area contributed by atoms with E-state index in [1.807, 2.05) is 17.0 Å². The van der Waals surface area contributed by atoms with Crippen molar-refractivity contribution in [2.75, 3.05) is 39.3 Å². The standard InChI is InChI=1S/C14H18N4O2/c19-9-8-17-4-6-18(7-5-17)14(20)13-10-12-11(16-13)2-1-3-15-12/h1-3,10,16,19H,4-9H2. The predicted octanol–water partition coefficient (Wildman–Crippen LogP) is 0.313. The number of aliphatic hydroxyl groups is 1. The molecule has 20 heavy (non-hydrogen) atoms. The largest absolute Gasteiger partial charge is 0.395 e. The number of fused-ring (bicyclic) bond motifs is 1. The van der Waals surface area contributed by atoms with E-state index < -0.39 is 0 Å². The lowest BCUT2D eigenvalue weighted by atomic mass is 10.2. The first-order valence-corrected chi connectivity index (χ1v) is 6.84. The topological polar surface area (TPSA) is 72.5 Å². The number of hydrogen-bond acceptors (Lipinski definition) is 4. The van der Waals surface area contributed by atoms with E-state index in [9.17, 15) is 4.79 Å². The van der Waals surface area contributed by atoms with Crippen LogP contribution in [0.4, 0.5) is 0 Å². The minimum atomic E-state index is 0.0200. The highest BCUT2D eigenvalue weighted by molar-refractivity contribution is 5.97. The van der Waals surface area contributed by atoms with E-state index in [2.05, 4.69) is 14.9 Å². The molecule has 0 saturated carbocycles. The number of nitrogens with zero attached hydrogens (tertiary/aromatic N) is 3. The smallest absolute Gasteiger partial charge is 0.270 e. The van der Waals surface area contributed by atoms with Gasteiger partial charge in [-0.2, -0.15) is 0 Å². The maximum absolute atomic E-state index is 12.4. The van der Waals surface area contributed by atoms with Gasteiger partial charge in [-0.1, -0.05) is 0 Å². The van der Waals surface area contributed by atoms with Gasteiger partial charge in [-0.3, -0.25) is 14.7 Å². The number of nitrogens with one attached hydrogen (secondary N) is 1. The summed E-state index contributed by atoms with van der Waals surface area (Å²) in [6, 6.07) is 5.57. The molecule has 0 atom stereocenters. The zero-order valence-corrected chi connectivity index (χ0v) is 11.2. The van der Waals surface area contributed by atoms with Crippen LogP contribution in [0.1, 0.15) is 10.5 Å². The van der Waals surface area contributed by atoms with Crippen molar-refractivity contribution in [1.82, 2.24) is 19.8 Å². The van der Waals surface area contributed by atoms with Gasteiger partial charge in [-0.15, -0.1) is 0 Å². The van der Waals surface area contributed by atoms with Gasteiger partial charge < -0.3 is 15.0 Å². The lowest BCUT2D eigenvalue weighted by Gasteiger charge is -2.34. The number of aromatic nitrogens is 2.